The van der Waals surface area contributed by atoms with E-state index in [9.17, 15) is 19.5 Å². The summed E-state index contributed by atoms with van der Waals surface area (Å²) in [5, 5.41) is 9.32. The number of esters is 2. The lowest BCUT2D eigenvalue weighted by Gasteiger charge is -2.26. The van der Waals surface area contributed by atoms with Gasteiger partial charge in [0.1, 0.15) is 12.1 Å². The topological polar surface area (TPSA) is 112 Å². The molecule has 1 N–H and O–H groups in total. The van der Waals surface area contributed by atoms with Crippen LogP contribution in [0.15, 0.2) is 30.3 Å². The standard InChI is InChI=1S/C20H25NO8/c1-12(23)27-18-15(11-26-10-14-6-4-3-5-7-14)21-17(19(18)28-13(2)24)16(8-9-22)29-20(21)25/h3-7,15-19,22H,8-11H2,1-2H3/t15-,16+,17-,18-,19+/m1/s1. The van der Waals surface area contributed by atoms with Gasteiger partial charge in [-0.2, -0.15) is 0 Å². The average Bonchev–Trinajstić information content (AvgIpc) is 3.13. The van der Waals surface area contributed by atoms with E-state index >= 15 is 0 Å². The van der Waals surface area contributed by atoms with Gasteiger partial charge < -0.3 is 24.1 Å². The summed E-state index contributed by atoms with van der Waals surface area (Å²) >= 11 is 0. The third-order valence-corrected chi connectivity index (χ3v) is 4.98. The molecule has 1 amide bonds. The maximum Gasteiger partial charge on any atom is 0.411 e. The molecule has 5 atom stereocenters. The number of rotatable bonds is 8. The number of ether oxygens (including phenoxy) is 4. The summed E-state index contributed by atoms with van der Waals surface area (Å²) in [6.45, 7) is 2.65. The summed E-state index contributed by atoms with van der Waals surface area (Å²) in [4.78, 5) is 37.3. The van der Waals surface area contributed by atoms with Gasteiger partial charge in [-0.25, -0.2) is 4.79 Å². The van der Waals surface area contributed by atoms with Gasteiger partial charge in [0, 0.05) is 26.9 Å². The maximum absolute atomic E-state index is 12.5. The first-order chi connectivity index (χ1) is 13.9. The molecule has 9 heteroatoms. The first kappa shape index (κ1) is 21.1. The van der Waals surface area contributed by atoms with Gasteiger partial charge in [0.2, 0.25) is 0 Å². The number of benzene rings is 1. The predicted molar refractivity (Wildman–Crippen MR) is 98.6 cm³/mol. The minimum Gasteiger partial charge on any atom is -0.456 e. The van der Waals surface area contributed by atoms with E-state index in [1.807, 2.05) is 30.3 Å². The quantitative estimate of drug-likeness (QED) is 0.502. The molecule has 158 valence electrons. The highest BCUT2D eigenvalue weighted by Gasteiger charge is 2.62. The number of nitrogens with zero attached hydrogens (tertiary/aromatic N) is 1. The van der Waals surface area contributed by atoms with Crippen molar-refractivity contribution in [3.05, 3.63) is 35.9 Å². The molecule has 0 radical (unpaired) electrons. The van der Waals surface area contributed by atoms with Crippen molar-refractivity contribution in [3.8, 4) is 0 Å². The van der Waals surface area contributed by atoms with Crippen molar-refractivity contribution in [2.75, 3.05) is 13.2 Å². The molecule has 0 bridgehead atoms. The van der Waals surface area contributed by atoms with Crippen LogP contribution >= 0.6 is 0 Å². The first-order valence-electron chi connectivity index (χ1n) is 9.48. The second kappa shape index (κ2) is 9.23. The highest BCUT2D eigenvalue weighted by atomic mass is 16.6. The fourth-order valence-electron chi connectivity index (χ4n) is 3.93. The molecule has 0 saturated carbocycles. The Kier molecular flexibility index (Phi) is 6.71. The SMILES string of the molecule is CC(=O)O[C@@H]1[C@H](OC(C)=O)[C@@H](COCc2ccccc2)N2C(=O)O[C@@H](CCO)[C@H]12. The maximum atomic E-state index is 12.5. The van der Waals surface area contributed by atoms with Gasteiger partial charge in [0.25, 0.3) is 0 Å². The molecule has 9 nitrogen and oxygen atoms in total. The monoisotopic (exact) mass is 407 g/mol. The zero-order chi connectivity index (χ0) is 21.0. The molecule has 0 spiro atoms. The number of carbonyl (C=O) groups is 3. The van der Waals surface area contributed by atoms with E-state index in [1.165, 1.54) is 18.7 Å². The van der Waals surface area contributed by atoms with Crippen LogP contribution in [0.25, 0.3) is 0 Å². The van der Waals surface area contributed by atoms with Crippen molar-refractivity contribution in [1.82, 2.24) is 4.90 Å². The van der Waals surface area contributed by atoms with E-state index in [0.717, 1.165) is 5.56 Å². The van der Waals surface area contributed by atoms with Crippen LogP contribution in [0.3, 0.4) is 0 Å². The zero-order valence-corrected chi connectivity index (χ0v) is 16.4. The van der Waals surface area contributed by atoms with Crippen molar-refractivity contribution in [2.45, 2.75) is 57.3 Å². The van der Waals surface area contributed by atoms with Crippen molar-refractivity contribution < 1.29 is 38.4 Å². The Morgan fingerprint density at radius 3 is 2.38 bits per heavy atom. The van der Waals surface area contributed by atoms with Crippen molar-refractivity contribution in [1.29, 1.82) is 0 Å². The third kappa shape index (κ3) is 4.68. The van der Waals surface area contributed by atoms with E-state index in [0.29, 0.717) is 6.61 Å². The van der Waals surface area contributed by atoms with Gasteiger partial charge in [-0.15, -0.1) is 0 Å². The molecule has 0 unspecified atom stereocenters. The molecule has 2 aliphatic heterocycles. The number of aliphatic hydroxyl groups is 1. The van der Waals surface area contributed by atoms with Gasteiger partial charge in [-0.3, -0.25) is 14.5 Å². The zero-order valence-electron chi connectivity index (χ0n) is 16.4. The summed E-state index contributed by atoms with van der Waals surface area (Å²) < 4.78 is 22.0. The average molecular weight is 407 g/mol. The van der Waals surface area contributed by atoms with Crippen molar-refractivity contribution >= 4 is 18.0 Å². The number of amides is 1. The van der Waals surface area contributed by atoms with Gasteiger partial charge in [-0.05, 0) is 5.56 Å². The fourth-order valence-corrected chi connectivity index (χ4v) is 3.93. The molecule has 0 aliphatic carbocycles. The number of fused-ring (bicyclic) bond motifs is 1. The summed E-state index contributed by atoms with van der Waals surface area (Å²) in [5.74, 6) is -1.13. The Balaban J connectivity index is 1.83. The van der Waals surface area contributed by atoms with Crippen LogP contribution in [0, 0.1) is 0 Å². The molecule has 2 aliphatic rings. The van der Waals surface area contributed by atoms with Gasteiger partial charge in [-0.1, -0.05) is 30.3 Å². The van der Waals surface area contributed by atoms with Crippen LogP contribution in [-0.2, 0) is 35.1 Å². The number of hydrogen-bond acceptors (Lipinski definition) is 8. The Morgan fingerprint density at radius 2 is 1.76 bits per heavy atom. The van der Waals surface area contributed by atoms with E-state index in [4.69, 9.17) is 18.9 Å². The first-order valence-corrected chi connectivity index (χ1v) is 9.48. The molecular weight excluding hydrogens is 382 g/mol. The smallest absolute Gasteiger partial charge is 0.411 e. The fraction of sp³-hybridized carbons (Fsp3) is 0.550. The highest BCUT2D eigenvalue weighted by Crippen LogP contribution is 2.39. The number of cyclic esters (lactones) is 1. The van der Waals surface area contributed by atoms with Crippen molar-refractivity contribution in [3.63, 3.8) is 0 Å². The number of carbonyl (C=O) groups excluding carboxylic acids is 3. The second-order valence-electron chi connectivity index (χ2n) is 7.05. The van der Waals surface area contributed by atoms with Gasteiger partial charge >= 0.3 is 18.0 Å². The van der Waals surface area contributed by atoms with Crippen LogP contribution in [0.4, 0.5) is 4.79 Å². The van der Waals surface area contributed by atoms with Gasteiger partial charge in [0.05, 0.1) is 19.3 Å². The third-order valence-electron chi connectivity index (χ3n) is 4.98. The lowest BCUT2D eigenvalue weighted by atomic mass is 10.0. The van der Waals surface area contributed by atoms with E-state index in [2.05, 4.69) is 0 Å². The van der Waals surface area contributed by atoms with E-state index < -0.39 is 48.4 Å². The second-order valence-corrected chi connectivity index (χ2v) is 7.05. The Labute approximate surface area is 168 Å². The molecule has 1 aromatic carbocycles. The molecule has 2 fully saturated rings. The molecule has 3 rings (SSSR count). The predicted octanol–water partition coefficient (Wildman–Crippen LogP) is 1.02. The highest BCUT2D eigenvalue weighted by molar-refractivity contribution is 5.74. The Morgan fingerprint density at radius 1 is 1.10 bits per heavy atom. The van der Waals surface area contributed by atoms with Crippen LogP contribution in [0.5, 0.6) is 0 Å². The summed E-state index contributed by atoms with van der Waals surface area (Å²) in [6.07, 6.45) is -2.94. The lowest BCUT2D eigenvalue weighted by molar-refractivity contribution is -0.166. The molecular formula is C20H25NO8. The lowest BCUT2D eigenvalue weighted by Crippen LogP contribution is -2.44. The van der Waals surface area contributed by atoms with E-state index in [1.54, 1.807) is 0 Å². The Bertz CT molecular complexity index is 739. The molecule has 0 aromatic heterocycles. The number of aliphatic hydroxyl groups excluding tert-OH is 1. The van der Waals surface area contributed by atoms with Gasteiger partial charge in [0.15, 0.2) is 12.2 Å². The van der Waals surface area contributed by atoms with E-state index in [-0.39, 0.29) is 19.6 Å². The summed E-state index contributed by atoms with van der Waals surface area (Å²) in [5.41, 5.74) is 0.949. The van der Waals surface area contributed by atoms with Crippen LogP contribution in [-0.4, -0.2) is 71.6 Å². The molecule has 1 aromatic rings. The van der Waals surface area contributed by atoms with Crippen LogP contribution in [0.2, 0.25) is 0 Å². The number of hydrogen-bond donors (Lipinski definition) is 1. The molecule has 29 heavy (non-hydrogen) atoms. The summed E-state index contributed by atoms with van der Waals surface area (Å²) in [6, 6.07) is 8.13. The summed E-state index contributed by atoms with van der Waals surface area (Å²) in [7, 11) is 0. The molecule has 2 heterocycles. The van der Waals surface area contributed by atoms with Crippen molar-refractivity contribution in [2.24, 2.45) is 0 Å². The normalized spacial score (nSPS) is 28.0. The largest absolute Gasteiger partial charge is 0.456 e. The van der Waals surface area contributed by atoms with Crippen LogP contribution in [0.1, 0.15) is 25.8 Å². The molecule has 2 saturated heterocycles. The minimum absolute atomic E-state index is 0.0576. The minimum atomic E-state index is -0.912. The van der Waals surface area contributed by atoms with Crippen LogP contribution < -0.4 is 0 Å². The Hall–Kier alpha value is -2.65.